The van der Waals surface area contributed by atoms with Gasteiger partial charge in [0.15, 0.2) is 0 Å². The van der Waals surface area contributed by atoms with E-state index >= 15 is 0 Å². The van der Waals surface area contributed by atoms with Crippen LogP contribution in [0.3, 0.4) is 0 Å². The Bertz CT molecular complexity index is 545. The van der Waals surface area contributed by atoms with Gasteiger partial charge < -0.3 is 10.6 Å². The van der Waals surface area contributed by atoms with Crippen molar-refractivity contribution in [1.29, 1.82) is 0 Å². The number of piperidine rings is 1. The molecule has 24 heavy (non-hydrogen) atoms. The molecule has 2 heterocycles. The molecule has 0 bridgehead atoms. The van der Waals surface area contributed by atoms with Crippen molar-refractivity contribution in [3.05, 3.63) is 17.0 Å². The number of aromatic nitrogens is 2. The third kappa shape index (κ3) is 5.11. The maximum absolute atomic E-state index is 12.8. The SMILES string of the molecule is Cc1nn(C)c(C)c1CC(C)C(=O)N1CCCC(C(C)N)C1.Cl.Cl. The van der Waals surface area contributed by atoms with E-state index < -0.39 is 0 Å². The number of aryl methyl sites for hydroxylation is 2. The Labute approximate surface area is 158 Å². The highest BCUT2D eigenvalue weighted by molar-refractivity contribution is 5.85. The van der Waals surface area contributed by atoms with E-state index in [2.05, 4.69) is 12.0 Å². The predicted molar refractivity (Wildman–Crippen MR) is 103 cm³/mol. The first kappa shape index (κ1) is 23.2. The molecule has 3 unspecified atom stereocenters. The summed E-state index contributed by atoms with van der Waals surface area (Å²) in [6, 6.07) is 0.161. The van der Waals surface area contributed by atoms with Crippen LogP contribution in [0.2, 0.25) is 0 Å². The lowest BCUT2D eigenvalue weighted by atomic mass is 9.90. The van der Waals surface area contributed by atoms with E-state index in [0.717, 1.165) is 43.7 Å². The Kier molecular flexibility index (Phi) is 9.32. The molecule has 2 rings (SSSR count). The molecule has 1 aromatic heterocycles. The van der Waals surface area contributed by atoms with Crippen LogP contribution in [0.5, 0.6) is 0 Å². The standard InChI is InChI=1S/C17H30N4O.2ClH/c1-11(9-16-13(3)19-20(5)14(16)4)17(22)21-8-6-7-15(10-21)12(2)18;;/h11-12,15H,6-10,18H2,1-5H3;2*1H. The van der Waals surface area contributed by atoms with Crippen molar-refractivity contribution < 1.29 is 4.79 Å². The number of likely N-dealkylation sites (tertiary alicyclic amines) is 1. The van der Waals surface area contributed by atoms with Crippen LogP contribution in [-0.2, 0) is 18.3 Å². The second-order valence-corrected chi connectivity index (χ2v) is 6.92. The van der Waals surface area contributed by atoms with E-state index in [-0.39, 0.29) is 42.7 Å². The lowest BCUT2D eigenvalue weighted by molar-refractivity contribution is -0.136. The molecule has 1 aromatic rings. The zero-order valence-electron chi connectivity index (χ0n) is 15.4. The molecule has 1 aliphatic rings. The van der Waals surface area contributed by atoms with Gasteiger partial charge in [0.25, 0.3) is 0 Å². The number of rotatable bonds is 4. The van der Waals surface area contributed by atoms with Gasteiger partial charge in [-0.2, -0.15) is 5.10 Å². The number of hydrogen-bond acceptors (Lipinski definition) is 3. The van der Waals surface area contributed by atoms with Crippen molar-refractivity contribution in [2.24, 2.45) is 24.6 Å². The molecular formula is C17H32Cl2N4O. The quantitative estimate of drug-likeness (QED) is 0.875. The fourth-order valence-electron chi connectivity index (χ4n) is 3.46. The van der Waals surface area contributed by atoms with Gasteiger partial charge in [0.2, 0.25) is 5.91 Å². The maximum Gasteiger partial charge on any atom is 0.225 e. The van der Waals surface area contributed by atoms with Gasteiger partial charge in [-0.3, -0.25) is 9.48 Å². The van der Waals surface area contributed by atoms with Gasteiger partial charge in [-0.15, -0.1) is 24.8 Å². The molecule has 1 aliphatic heterocycles. The summed E-state index contributed by atoms with van der Waals surface area (Å²) in [7, 11) is 1.95. The largest absolute Gasteiger partial charge is 0.342 e. The van der Waals surface area contributed by atoms with Gasteiger partial charge in [-0.1, -0.05) is 6.92 Å². The summed E-state index contributed by atoms with van der Waals surface area (Å²) in [5.41, 5.74) is 9.43. The highest BCUT2D eigenvalue weighted by Gasteiger charge is 2.29. The third-order valence-electron chi connectivity index (χ3n) is 5.10. The molecule has 1 saturated heterocycles. The van der Waals surface area contributed by atoms with Crippen molar-refractivity contribution >= 4 is 30.7 Å². The van der Waals surface area contributed by atoms with Crippen molar-refractivity contribution in [1.82, 2.24) is 14.7 Å². The van der Waals surface area contributed by atoms with Crippen LogP contribution in [0.15, 0.2) is 0 Å². The Morgan fingerprint density at radius 3 is 2.46 bits per heavy atom. The molecular weight excluding hydrogens is 347 g/mol. The molecule has 0 spiro atoms. The van der Waals surface area contributed by atoms with Crippen LogP contribution in [0.4, 0.5) is 0 Å². The monoisotopic (exact) mass is 378 g/mol. The number of carbonyl (C=O) groups excluding carboxylic acids is 1. The molecule has 0 saturated carbocycles. The smallest absolute Gasteiger partial charge is 0.225 e. The van der Waals surface area contributed by atoms with Gasteiger partial charge >= 0.3 is 0 Å². The van der Waals surface area contributed by atoms with E-state index in [4.69, 9.17) is 5.73 Å². The summed E-state index contributed by atoms with van der Waals surface area (Å²) in [5, 5.41) is 4.45. The third-order valence-corrected chi connectivity index (χ3v) is 5.10. The van der Waals surface area contributed by atoms with Gasteiger partial charge in [0.05, 0.1) is 5.69 Å². The summed E-state index contributed by atoms with van der Waals surface area (Å²) < 4.78 is 1.90. The van der Waals surface area contributed by atoms with Crippen molar-refractivity contribution in [3.8, 4) is 0 Å². The minimum atomic E-state index is -0.00608. The number of hydrogen-bond donors (Lipinski definition) is 1. The molecule has 140 valence electrons. The first-order valence-corrected chi connectivity index (χ1v) is 8.34. The minimum Gasteiger partial charge on any atom is -0.342 e. The topological polar surface area (TPSA) is 64.2 Å². The molecule has 0 radical (unpaired) electrons. The first-order valence-electron chi connectivity index (χ1n) is 8.34. The summed E-state index contributed by atoms with van der Waals surface area (Å²) >= 11 is 0. The molecule has 0 aliphatic carbocycles. The van der Waals surface area contributed by atoms with Crippen LogP contribution < -0.4 is 5.73 Å². The highest BCUT2D eigenvalue weighted by Crippen LogP contribution is 2.23. The van der Waals surface area contributed by atoms with E-state index in [1.54, 1.807) is 0 Å². The highest BCUT2D eigenvalue weighted by atomic mass is 35.5. The van der Waals surface area contributed by atoms with Crippen LogP contribution in [-0.4, -0.2) is 39.7 Å². The lowest BCUT2D eigenvalue weighted by Gasteiger charge is -2.36. The van der Waals surface area contributed by atoms with Crippen LogP contribution in [0.1, 0.15) is 43.6 Å². The maximum atomic E-state index is 12.8. The first-order chi connectivity index (χ1) is 10.3. The van der Waals surface area contributed by atoms with Gasteiger partial charge in [-0.25, -0.2) is 0 Å². The normalized spacial score (nSPS) is 19.9. The van der Waals surface area contributed by atoms with Crippen LogP contribution in [0, 0.1) is 25.7 Å². The number of nitrogens with zero attached hydrogens (tertiary/aromatic N) is 3. The summed E-state index contributed by atoms with van der Waals surface area (Å²) in [6.07, 6.45) is 2.97. The minimum absolute atomic E-state index is 0. The average Bonchev–Trinajstić information content (AvgIpc) is 2.73. The number of nitrogens with two attached hydrogens (primary N) is 1. The molecule has 2 N–H and O–H groups in total. The fraction of sp³-hybridized carbons (Fsp3) is 0.765. The van der Waals surface area contributed by atoms with E-state index in [1.807, 2.05) is 37.4 Å². The number of amides is 1. The Balaban J connectivity index is 0.00000264. The zero-order chi connectivity index (χ0) is 16.4. The fourth-order valence-corrected chi connectivity index (χ4v) is 3.46. The van der Waals surface area contributed by atoms with Crippen molar-refractivity contribution in [2.75, 3.05) is 13.1 Å². The Morgan fingerprint density at radius 2 is 1.96 bits per heavy atom. The Morgan fingerprint density at radius 1 is 1.33 bits per heavy atom. The van der Waals surface area contributed by atoms with E-state index in [9.17, 15) is 4.79 Å². The van der Waals surface area contributed by atoms with Crippen LogP contribution >= 0.6 is 24.8 Å². The summed E-state index contributed by atoms with van der Waals surface area (Å²) in [4.78, 5) is 14.8. The molecule has 1 fully saturated rings. The number of halogens is 2. The van der Waals surface area contributed by atoms with Crippen molar-refractivity contribution in [2.45, 2.75) is 53.0 Å². The molecule has 1 amide bonds. The molecule has 7 heteroatoms. The molecule has 3 atom stereocenters. The second kappa shape index (κ2) is 9.64. The number of carbonyl (C=O) groups is 1. The van der Waals surface area contributed by atoms with Gasteiger partial charge in [0.1, 0.15) is 0 Å². The van der Waals surface area contributed by atoms with Crippen molar-refractivity contribution in [3.63, 3.8) is 0 Å². The van der Waals surface area contributed by atoms with Gasteiger partial charge in [0, 0.05) is 37.8 Å². The zero-order valence-corrected chi connectivity index (χ0v) is 17.0. The molecule has 5 nitrogen and oxygen atoms in total. The Hall–Kier alpha value is -0.780. The predicted octanol–water partition coefficient (Wildman–Crippen LogP) is 2.64. The molecule has 0 aromatic carbocycles. The summed E-state index contributed by atoms with van der Waals surface area (Å²) in [5.74, 6) is 0.688. The van der Waals surface area contributed by atoms with E-state index in [1.165, 1.54) is 5.56 Å². The summed E-state index contributed by atoms with van der Waals surface area (Å²) in [6.45, 7) is 9.85. The van der Waals surface area contributed by atoms with E-state index in [0.29, 0.717) is 5.92 Å². The average molecular weight is 379 g/mol. The van der Waals surface area contributed by atoms with Crippen LogP contribution in [0.25, 0.3) is 0 Å². The van der Waals surface area contributed by atoms with Gasteiger partial charge in [-0.05, 0) is 51.5 Å². The second-order valence-electron chi connectivity index (χ2n) is 6.92. The lowest BCUT2D eigenvalue weighted by Crippen LogP contribution is -2.47.